The van der Waals surface area contributed by atoms with Gasteiger partial charge in [-0.25, -0.2) is 0 Å². The monoisotopic (exact) mass is 385 g/mol. The van der Waals surface area contributed by atoms with Crippen LogP contribution in [0.5, 0.6) is 0 Å². The number of halogens is 1. The molecule has 1 heterocycles. The number of ketones is 1. The molecule has 0 spiro atoms. The molecule has 1 aliphatic heterocycles. The molecule has 0 saturated heterocycles. The van der Waals surface area contributed by atoms with Crippen molar-refractivity contribution in [1.82, 2.24) is 5.32 Å². The molecule has 0 aromatic heterocycles. The molecule has 2 aliphatic carbocycles. The van der Waals surface area contributed by atoms with Crippen molar-refractivity contribution in [2.45, 2.75) is 77.2 Å². The van der Waals surface area contributed by atoms with E-state index in [2.05, 4.69) is 19.2 Å². The van der Waals surface area contributed by atoms with Crippen molar-refractivity contribution in [3.63, 3.8) is 0 Å². The van der Waals surface area contributed by atoms with E-state index in [9.17, 15) is 4.79 Å². The highest BCUT2D eigenvalue weighted by Crippen LogP contribution is 2.44. The van der Waals surface area contributed by atoms with Crippen molar-refractivity contribution < 1.29 is 4.79 Å². The summed E-state index contributed by atoms with van der Waals surface area (Å²) in [7, 11) is 0. The average Bonchev–Trinajstić information content (AvgIpc) is 2.58. The fourth-order valence-corrected chi connectivity index (χ4v) is 5.92. The fraction of sp³-hybridized carbons (Fsp3) is 0.625. The van der Waals surface area contributed by atoms with Gasteiger partial charge in [-0.1, -0.05) is 36.9 Å². The van der Waals surface area contributed by atoms with Gasteiger partial charge >= 0.3 is 0 Å². The highest BCUT2D eigenvalue weighted by Gasteiger charge is 2.32. The Kier molecular flexibility index (Phi) is 5.38. The summed E-state index contributed by atoms with van der Waals surface area (Å²) < 4.78 is 0. The van der Waals surface area contributed by atoms with Gasteiger partial charge in [0.15, 0.2) is 5.78 Å². The Hall–Kier alpha value is -1.28. The van der Waals surface area contributed by atoms with Crippen molar-refractivity contribution in [1.29, 1.82) is 0 Å². The normalized spacial score (nSPS) is 30.5. The van der Waals surface area contributed by atoms with Crippen molar-refractivity contribution in [3.05, 3.63) is 40.4 Å². The van der Waals surface area contributed by atoms with E-state index < -0.39 is 0 Å². The number of hydrogen-bond donors (Lipinski definition) is 1. The lowest BCUT2D eigenvalue weighted by Crippen LogP contribution is -2.43. The summed E-state index contributed by atoms with van der Waals surface area (Å²) in [4.78, 5) is 12.7. The molecular weight excluding hydrogens is 354 g/mol. The predicted molar refractivity (Wildman–Crippen MR) is 113 cm³/mol. The second-order valence-corrected chi connectivity index (χ2v) is 10.2. The first-order valence-corrected chi connectivity index (χ1v) is 11.1. The molecule has 27 heavy (non-hydrogen) atoms. The third-order valence-corrected chi connectivity index (χ3v) is 7.03. The quantitative estimate of drug-likeness (QED) is 0.627. The van der Waals surface area contributed by atoms with Gasteiger partial charge in [0.25, 0.3) is 0 Å². The highest BCUT2D eigenvalue weighted by molar-refractivity contribution is 6.30. The highest BCUT2D eigenvalue weighted by atomic mass is 35.5. The summed E-state index contributed by atoms with van der Waals surface area (Å²) in [6, 6.07) is 6.00. The lowest BCUT2D eigenvalue weighted by Gasteiger charge is -2.39. The molecule has 2 nitrogen and oxygen atoms in total. The standard InChI is InChI=1S/C24H32ClNO/c1-24(2)15-19-13-20(25)7-9-22(19)23(26-24)14-21(27)8-6-18-11-16-4-3-5-17(10-16)12-18/h7,9,13-14,16-18,26H,3-6,8,10-12,15H2,1-2H3/b23-14-. The molecular formula is C24H32ClNO. The van der Waals surface area contributed by atoms with E-state index >= 15 is 0 Å². The summed E-state index contributed by atoms with van der Waals surface area (Å²) in [6.45, 7) is 4.35. The van der Waals surface area contributed by atoms with Gasteiger partial charge in [0.1, 0.15) is 0 Å². The zero-order valence-corrected chi connectivity index (χ0v) is 17.4. The number of rotatable bonds is 4. The van der Waals surface area contributed by atoms with E-state index in [1.165, 1.54) is 44.1 Å². The molecule has 1 aromatic carbocycles. The maximum atomic E-state index is 12.7. The van der Waals surface area contributed by atoms with Gasteiger partial charge in [0.2, 0.25) is 0 Å². The zero-order chi connectivity index (χ0) is 19.0. The third-order valence-electron chi connectivity index (χ3n) is 6.79. The Morgan fingerprint density at radius 1 is 1.22 bits per heavy atom. The van der Waals surface area contributed by atoms with Crippen molar-refractivity contribution in [2.24, 2.45) is 17.8 Å². The second-order valence-electron chi connectivity index (χ2n) is 9.79. The molecule has 1 N–H and O–H groups in total. The van der Waals surface area contributed by atoms with Crippen LogP contribution in [0.3, 0.4) is 0 Å². The van der Waals surface area contributed by atoms with E-state index in [1.54, 1.807) is 0 Å². The van der Waals surface area contributed by atoms with Gasteiger partial charge in [-0.3, -0.25) is 4.79 Å². The Bertz CT molecular complexity index is 739. The Labute approximate surface area is 168 Å². The number of allylic oxidation sites excluding steroid dienone is 1. The molecule has 2 fully saturated rings. The molecule has 2 bridgehead atoms. The maximum Gasteiger partial charge on any atom is 0.157 e. The topological polar surface area (TPSA) is 29.1 Å². The first kappa shape index (κ1) is 19.1. The molecule has 1 aromatic rings. The fourth-order valence-electron chi connectivity index (χ4n) is 5.72. The largest absolute Gasteiger partial charge is 0.379 e. The van der Waals surface area contributed by atoms with Gasteiger partial charge < -0.3 is 5.32 Å². The number of carbonyl (C=O) groups excluding carboxylic acids is 1. The predicted octanol–water partition coefficient (Wildman–Crippen LogP) is 6.17. The van der Waals surface area contributed by atoms with Gasteiger partial charge in [0.05, 0.1) is 0 Å². The first-order chi connectivity index (χ1) is 12.9. The number of nitrogens with one attached hydrogen (secondary N) is 1. The van der Waals surface area contributed by atoms with Crippen molar-refractivity contribution in [3.8, 4) is 0 Å². The Balaban J connectivity index is 1.43. The van der Waals surface area contributed by atoms with Crippen molar-refractivity contribution >= 4 is 23.1 Å². The summed E-state index contributed by atoms with van der Waals surface area (Å²) in [6.07, 6.45) is 12.9. The van der Waals surface area contributed by atoms with Crippen LogP contribution in [-0.2, 0) is 11.2 Å². The number of benzene rings is 1. The molecule has 2 atom stereocenters. The van der Waals surface area contributed by atoms with Crippen LogP contribution in [0.2, 0.25) is 5.02 Å². The summed E-state index contributed by atoms with van der Waals surface area (Å²) >= 11 is 6.19. The summed E-state index contributed by atoms with van der Waals surface area (Å²) in [5.74, 6) is 2.90. The minimum absolute atomic E-state index is 0.0649. The molecule has 4 rings (SSSR count). The van der Waals surface area contributed by atoms with Crippen LogP contribution >= 0.6 is 11.6 Å². The summed E-state index contributed by atoms with van der Waals surface area (Å²) in [5.41, 5.74) is 3.25. The number of hydrogen-bond acceptors (Lipinski definition) is 2. The zero-order valence-electron chi connectivity index (χ0n) is 16.7. The van der Waals surface area contributed by atoms with Crippen LogP contribution in [0.25, 0.3) is 5.70 Å². The van der Waals surface area contributed by atoms with Gasteiger partial charge in [-0.05, 0) is 81.4 Å². The molecule has 0 amide bonds. The van der Waals surface area contributed by atoms with E-state index in [-0.39, 0.29) is 11.3 Å². The smallest absolute Gasteiger partial charge is 0.157 e. The van der Waals surface area contributed by atoms with E-state index in [0.717, 1.165) is 46.9 Å². The maximum absolute atomic E-state index is 12.7. The average molecular weight is 386 g/mol. The first-order valence-electron chi connectivity index (χ1n) is 10.7. The Morgan fingerprint density at radius 3 is 2.70 bits per heavy atom. The van der Waals surface area contributed by atoms with E-state index in [1.807, 2.05) is 24.3 Å². The van der Waals surface area contributed by atoms with Crippen LogP contribution in [0, 0.1) is 17.8 Å². The van der Waals surface area contributed by atoms with Crippen LogP contribution in [0.4, 0.5) is 0 Å². The lowest BCUT2D eigenvalue weighted by atomic mass is 9.67. The minimum Gasteiger partial charge on any atom is -0.379 e. The van der Waals surface area contributed by atoms with E-state index in [0.29, 0.717) is 6.42 Å². The molecule has 3 aliphatic rings. The van der Waals surface area contributed by atoms with Crippen LogP contribution < -0.4 is 5.32 Å². The molecule has 3 heteroatoms. The third kappa shape index (κ3) is 4.59. The molecule has 2 unspecified atom stereocenters. The number of fused-ring (bicyclic) bond motifs is 3. The molecule has 146 valence electrons. The van der Waals surface area contributed by atoms with Crippen LogP contribution in [0.1, 0.15) is 76.3 Å². The van der Waals surface area contributed by atoms with Gasteiger partial charge in [-0.2, -0.15) is 0 Å². The lowest BCUT2D eigenvalue weighted by molar-refractivity contribution is -0.115. The Morgan fingerprint density at radius 2 is 1.96 bits per heavy atom. The molecule has 0 radical (unpaired) electrons. The van der Waals surface area contributed by atoms with Crippen LogP contribution in [-0.4, -0.2) is 11.3 Å². The number of carbonyl (C=O) groups is 1. The van der Waals surface area contributed by atoms with Crippen LogP contribution in [0.15, 0.2) is 24.3 Å². The van der Waals surface area contributed by atoms with Crippen molar-refractivity contribution in [2.75, 3.05) is 0 Å². The van der Waals surface area contributed by atoms with E-state index in [4.69, 9.17) is 11.6 Å². The minimum atomic E-state index is -0.0649. The SMILES string of the molecule is CC1(C)Cc2cc(Cl)ccc2/C(=C/C(=O)CCC2CC3CCCC(C3)C2)N1. The van der Waals surface area contributed by atoms with Gasteiger partial charge in [-0.15, -0.1) is 0 Å². The summed E-state index contributed by atoms with van der Waals surface area (Å²) in [5, 5.41) is 4.33. The second kappa shape index (κ2) is 7.62. The molecule has 2 saturated carbocycles. The van der Waals surface area contributed by atoms with Gasteiger partial charge in [0, 0.05) is 34.3 Å².